The number of rotatable bonds is 3. The summed E-state index contributed by atoms with van der Waals surface area (Å²) < 4.78 is 0. The van der Waals surface area contributed by atoms with Crippen LogP contribution in [-0.2, 0) is 0 Å². The average Bonchev–Trinajstić information content (AvgIpc) is 2.52. The quantitative estimate of drug-likeness (QED) is 0.387. The largest absolute Gasteiger partial charge is 0.504 e. The summed E-state index contributed by atoms with van der Waals surface area (Å²) in [6.45, 7) is 6.18. The summed E-state index contributed by atoms with van der Waals surface area (Å²) in [6, 6.07) is 10.7. The van der Waals surface area contributed by atoms with Crippen LogP contribution in [0.5, 0.6) is 11.5 Å². The van der Waals surface area contributed by atoms with Crippen molar-refractivity contribution in [3.63, 3.8) is 0 Å². The van der Waals surface area contributed by atoms with Crippen LogP contribution in [-0.4, -0.2) is 21.4 Å². The van der Waals surface area contributed by atoms with E-state index in [1.807, 2.05) is 13.0 Å². The molecule has 0 bridgehead atoms. The van der Waals surface area contributed by atoms with Gasteiger partial charge in [0.25, 0.3) is 0 Å². The fourth-order valence-electron chi connectivity index (χ4n) is 2.70. The van der Waals surface area contributed by atoms with Gasteiger partial charge in [0.1, 0.15) is 5.82 Å². The van der Waals surface area contributed by atoms with Crippen LogP contribution in [0.2, 0.25) is 0 Å². The van der Waals surface area contributed by atoms with E-state index in [9.17, 15) is 10.2 Å². The third kappa shape index (κ3) is 3.15. The number of pyridine rings is 1. The summed E-state index contributed by atoms with van der Waals surface area (Å²) in [5, 5.41) is 24.1. The number of hydrazone groups is 1. The van der Waals surface area contributed by atoms with E-state index in [4.69, 9.17) is 0 Å². The van der Waals surface area contributed by atoms with Gasteiger partial charge in [-0.15, -0.1) is 0 Å². The van der Waals surface area contributed by atoms with E-state index in [2.05, 4.69) is 41.5 Å². The van der Waals surface area contributed by atoms with Crippen LogP contribution in [0.15, 0.2) is 41.5 Å². The molecule has 1 heterocycles. The van der Waals surface area contributed by atoms with Crippen molar-refractivity contribution in [2.45, 2.75) is 20.8 Å². The maximum absolute atomic E-state index is 9.48. The van der Waals surface area contributed by atoms with E-state index in [1.165, 1.54) is 17.7 Å². The Morgan fingerprint density at radius 1 is 0.958 bits per heavy atom. The van der Waals surface area contributed by atoms with E-state index < -0.39 is 0 Å². The number of phenolic OH excluding ortho intramolecular Hbond substituents is 2. The first-order chi connectivity index (χ1) is 11.4. The molecule has 3 aromatic rings. The summed E-state index contributed by atoms with van der Waals surface area (Å²) in [5.41, 5.74) is 8.02. The molecule has 3 rings (SSSR count). The Morgan fingerprint density at radius 3 is 2.50 bits per heavy atom. The molecule has 0 radical (unpaired) electrons. The normalized spacial score (nSPS) is 11.3. The molecule has 0 unspecified atom stereocenters. The number of aromatic hydroxyl groups is 2. The summed E-state index contributed by atoms with van der Waals surface area (Å²) >= 11 is 0. The Hall–Kier alpha value is -3.08. The predicted octanol–water partition coefficient (Wildman–Crippen LogP) is 4.02. The predicted molar refractivity (Wildman–Crippen MR) is 96.9 cm³/mol. The van der Waals surface area contributed by atoms with Gasteiger partial charge in [-0.2, -0.15) is 5.10 Å². The molecule has 0 saturated heterocycles. The van der Waals surface area contributed by atoms with E-state index in [0.717, 1.165) is 22.0 Å². The van der Waals surface area contributed by atoms with Crippen molar-refractivity contribution in [3.8, 4) is 11.5 Å². The fourth-order valence-corrected chi connectivity index (χ4v) is 2.70. The lowest BCUT2D eigenvalue weighted by Gasteiger charge is -2.09. The zero-order valence-corrected chi connectivity index (χ0v) is 13.8. The second kappa shape index (κ2) is 6.20. The van der Waals surface area contributed by atoms with Crippen LogP contribution < -0.4 is 5.43 Å². The molecular weight excluding hydrogens is 302 g/mol. The van der Waals surface area contributed by atoms with E-state index in [0.29, 0.717) is 11.4 Å². The Balaban J connectivity index is 1.87. The number of aromatic nitrogens is 1. The summed E-state index contributed by atoms with van der Waals surface area (Å²) in [5.74, 6) is 0.327. The maximum atomic E-state index is 9.48. The van der Waals surface area contributed by atoms with Gasteiger partial charge in [-0.25, -0.2) is 4.98 Å². The Kier molecular flexibility index (Phi) is 4.08. The first-order valence-electron chi connectivity index (χ1n) is 7.63. The first kappa shape index (κ1) is 15.8. The highest BCUT2D eigenvalue weighted by Crippen LogP contribution is 2.25. The van der Waals surface area contributed by atoms with Crippen LogP contribution in [0, 0.1) is 20.8 Å². The molecule has 0 atom stereocenters. The molecule has 0 spiro atoms. The molecule has 5 heteroatoms. The van der Waals surface area contributed by atoms with Crippen molar-refractivity contribution in [3.05, 3.63) is 58.7 Å². The summed E-state index contributed by atoms with van der Waals surface area (Å²) in [7, 11) is 0. The number of nitrogens with zero attached hydrogens (tertiary/aromatic N) is 2. The molecule has 0 saturated carbocycles. The van der Waals surface area contributed by atoms with Gasteiger partial charge in [0, 0.05) is 5.39 Å². The van der Waals surface area contributed by atoms with Gasteiger partial charge in [0.2, 0.25) is 0 Å². The van der Waals surface area contributed by atoms with Crippen molar-refractivity contribution in [1.29, 1.82) is 0 Å². The third-order valence-corrected chi connectivity index (χ3v) is 3.85. The number of aryl methyl sites for hydroxylation is 3. The minimum Gasteiger partial charge on any atom is -0.504 e. The number of fused-ring (bicyclic) bond motifs is 1. The van der Waals surface area contributed by atoms with Crippen molar-refractivity contribution in [1.82, 2.24) is 4.98 Å². The van der Waals surface area contributed by atoms with Crippen molar-refractivity contribution in [2.24, 2.45) is 5.10 Å². The van der Waals surface area contributed by atoms with Gasteiger partial charge in [-0.1, -0.05) is 11.6 Å². The minimum absolute atomic E-state index is 0.155. The molecule has 24 heavy (non-hydrogen) atoms. The van der Waals surface area contributed by atoms with Crippen molar-refractivity contribution in [2.75, 3.05) is 5.43 Å². The topological polar surface area (TPSA) is 77.7 Å². The van der Waals surface area contributed by atoms with Crippen LogP contribution in [0.1, 0.15) is 22.3 Å². The monoisotopic (exact) mass is 321 g/mol. The van der Waals surface area contributed by atoms with E-state index in [1.54, 1.807) is 12.3 Å². The molecule has 0 aliphatic carbocycles. The summed E-state index contributed by atoms with van der Waals surface area (Å²) in [6.07, 6.45) is 1.56. The molecule has 2 aromatic carbocycles. The highest BCUT2D eigenvalue weighted by Gasteiger charge is 2.06. The molecule has 0 amide bonds. The van der Waals surface area contributed by atoms with Crippen LogP contribution >= 0.6 is 0 Å². The molecular formula is C19H19N3O2. The van der Waals surface area contributed by atoms with Gasteiger partial charge in [0.05, 0.1) is 11.7 Å². The van der Waals surface area contributed by atoms with Crippen LogP contribution in [0.25, 0.3) is 10.9 Å². The highest BCUT2D eigenvalue weighted by molar-refractivity contribution is 5.87. The van der Waals surface area contributed by atoms with E-state index in [-0.39, 0.29) is 11.5 Å². The number of hydrogen-bond acceptors (Lipinski definition) is 5. The molecule has 0 fully saturated rings. The van der Waals surface area contributed by atoms with E-state index >= 15 is 0 Å². The Labute approximate surface area is 140 Å². The second-order valence-corrected chi connectivity index (χ2v) is 5.92. The molecule has 1 aromatic heterocycles. The first-order valence-corrected chi connectivity index (χ1v) is 7.63. The lowest BCUT2D eigenvalue weighted by Crippen LogP contribution is -1.97. The number of benzene rings is 2. The third-order valence-electron chi connectivity index (χ3n) is 3.85. The Morgan fingerprint density at radius 2 is 1.75 bits per heavy atom. The standard InChI is InChI=1S/C19H19N3O2/c1-11-6-13(3)19-15(7-11)12(2)8-18(21-19)22-20-10-14-4-5-16(23)17(24)9-14/h4-10,23-24H,1-3H3,(H,21,22)/b20-10+. The van der Waals surface area contributed by atoms with Gasteiger partial charge in [0.15, 0.2) is 11.5 Å². The number of nitrogens with one attached hydrogen (secondary N) is 1. The SMILES string of the molecule is Cc1cc(C)c2nc(N/N=C/c3ccc(O)c(O)c3)cc(C)c2c1. The van der Waals surface area contributed by atoms with Gasteiger partial charge < -0.3 is 10.2 Å². The van der Waals surface area contributed by atoms with Crippen molar-refractivity contribution < 1.29 is 10.2 Å². The maximum Gasteiger partial charge on any atom is 0.158 e. The van der Waals surface area contributed by atoms with Crippen LogP contribution in [0.3, 0.4) is 0 Å². The molecule has 0 aliphatic rings. The molecule has 0 aliphatic heterocycles. The van der Waals surface area contributed by atoms with Crippen LogP contribution in [0.4, 0.5) is 5.82 Å². The van der Waals surface area contributed by atoms with Crippen molar-refractivity contribution >= 4 is 22.9 Å². The molecule has 5 nitrogen and oxygen atoms in total. The number of anilines is 1. The molecule has 122 valence electrons. The van der Waals surface area contributed by atoms with Gasteiger partial charge in [-0.05, 0) is 67.8 Å². The lowest BCUT2D eigenvalue weighted by molar-refractivity contribution is 0.403. The highest BCUT2D eigenvalue weighted by atomic mass is 16.3. The van der Waals surface area contributed by atoms with Gasteiger partial charge >= 0.3 is 0 Å². The Bertz CT molecular complexity index is 949. The summed E-state index contributed by atoms with van der Waals surface area (Å²) in [4.78, 5) is 4.63. The molecule has 3 N–H and O–H groups in total. The average molecular weight is 321 g/mol. The smallest absolute Gasteiger partial charge is 0.158 e. The second-order valence-electron chi connectivity index (χ2n) is 5.92. The number of phenols is 2. The van der Waals surface area contributed by atoms with Gasteiger partial charge in [-0.3, -0.25) is 5.43 Å². The fraction of sp³-hybridized carbons (Fsp3) is 0.158. The minimum atomic E-state index is -0.176. The lowest BCUT2D eigenvalue weighted by atomic mass is 10.0. The zero-order chi connectivity index (χ0) is 17.3. The number of hydrogen-bond donors (Lipinski definition) is 3. The zero-order valence-electron chi connectivity index (χ0n) is 13.8.